The molecule has 5 nitrogen and oxygen atoms in total. The van der Waals surface area contributed by atoms with Crippen LogP contribution in [0, 0.1) is 16.0 Å². The van der Waals surface area contributed by atoms with Crippen LogP contribution in [0.3, 0.4) is 0 Å². The fourth-order valence-corrected chi connectivity index (χ4v) is 3.30. The van der Waals surface area contributed by atoms with Crippen molar-refractivity contribution < 1.29 is 4.92 Å². The van der Waals surface area contributed by atoms with Crippen molar-refractivity contribution in [1.82, 2.24) is 10.2 Å². The van der Waals surface area contributed by atoms with Gasteiger partial charge in [0.05, 0.1) is 4.92 Å². The first-order valence-corrected chi connectivity index (χ1v) is 8.24. The monoisotopic (exact) mass is 355 g/mol. The number of halogens is 1. The number of likely N-dealkylation sites (tertiary alicyclic amines) is 1. The molecule has 1 heterocycles. The molecule has 1 aromatic carbocycles. The van der Waals surface area contributed by atoms with Crippen LogP contribution in [-0.4, -0.2) is 36.0 Å². The van der Waals surface area contributed by atoms with Crippen molar-refractivity contribution >= 4 is 21.6 Å². The molecule has 0 spiro atoms. The summed E-state index contributed by atoms with van der Waals surface area (Å²) in [6.45, 7) is 7.38. The molecule has 21 heavy (non-hydrogen) atoms. The average molecular weight is 356 g/mol. The van der Waals surface area contributed by atoms with Gasteiger partial charge in [-0.1, -0.05) is 22.9 Å². The van der Waals surface area contributed by atoms with Gasteiger partial charge in [0.1, 0.15) is 0 Å². The van der Waals surface area contributed by atoms with E-state index in [1.54, 1.807) is 6.07 Å². The van der Waals surface area contributed by atoms with Gasteiger partial charge in [0.25, 0.3) is 5.69 Å². The molecule has 0 amide bonds. The van der Waals surface area contributed by atoms with E-state index in [0.717, 1.165) is 29.0 Å². The van der Waals surface area contributed by atoms with Crippen LogP contribution in [0.4, 0.5) is 5.69 Å². The van der Waals surface area contributed by atoms with Crippen molar-refractivity contribution in [3.63, 3.8) is 0 Å². The van der Waals surface area contributed by atoms with Crippen molar-refractivity contribution in [2.75, 3.05) is 26.2 Å². The predicted octanol–water partition coefficient (Wildman–Crippen LogP) is 3.18. The number of benzene rings is 1. The van der Waals surface area contributed by atoms with Gasteiger partial charge in [0, 0.05) is 23.2 Å². The predicted molar refractivity (Wildman–Crippen MR) is 87.3 cm³/mol. The standard InChI is InChI=1S/C15H22BrN3O2/c1-2-18-5-3-12(4-6-18)10-17-11-13-7-14(16)9-15(8-13)19(20)21/h7-9,12,17H,2-6,10-11H2,1H3. The molecule has 6 heteroatoms. The summed E-state index contributed by atoms with van der Waals surface area (Å²) in [7, 11) is 0. The van der Waals surface area contributed by atoms with Gasteiger partial charge in [-0.2, -0.15) is 0 Å². The highest BCUT2D eigenvalue weighted by molar-refractivity contribution is 9.10. The van der Waals surface area contributed by atoms with Gasteiger partial charge >= 0.3 is 0 Å². The largest absolute Gasteiger partial charge is 0.312 e. The molecular weight excluding hydrogens is 334 g/mol. The van der Waals surface area contributed by atoms with Crippen LogP contribution in [-0.2, 0) is 6.54 Å². The van der Waals surface area contributed by atoms with Gasteiger partial charge < -0.3 is 10.2 Å². The number of nitrogens with one attached hydrogen (secondary N) is 1. The SMILES string of the molecule is CCN1CCC(CNCc2cc(Br)cc([N+](=O)[O-])c2)CC1. The second-order valence-corrected chi connectivity index (χ2v) is 6.50. The van der Waals surface area contributed by atoms with Crippen molar-refractivity contribution in [1.29, 1.82) is 0 Å². The van der Waals surface area contributed by atoms with E-state index in [9.17, 15) is 10.1 Å². The Balaban J connectivity index is 1.80. The molecule has 0 aromatic heterocycles. The van der Waals surface area contributed by atoms with Gasteiger partial charge in [-0.05, 0) is 56.6 Å². The normalized spacial score (nSPS) is 17.0. The van der Waals surface area contributed by atoms with E-state index in [4.69, 9.17) is 0 Å². The number of piperidine rings is 1. The molecule has 1 N–H and O–H groups in total. The van der Waals surface area contributed by atoms with Gasteiger partial charge in [-0.3, -0.25) is 10.1 Å². The van der Waals surface area contributed by atoms with E-state index in [2.05, 4.69) is 33.1 Å². The maximum absolute atomic E-state index is 10.8. The summed E-state index contributed by atoms with van der Waals surface area (Å²) in [6.07, 6.45) is 2.47. The van der Waals surface area contributed by atoms with Gasteiger partial charge in [-0.15, -0.1) is 0 Å². The molecule has 0 aliphatic carbocycles. The first-order valence-electron chi connectivity index (χ1n) is 7.45. The molecule has 0 atom stereocenters. The van der Waals surface area contributed by atoms with Crippen molar-refractivity contribution in [2.45, 2.75) is 26.3 Å². The maximum atomic E-state index is 10.8. The van der Waals surface area contributed by atoms with Gasteiger partial charge in [0.15, 0.2) is 0 Å². The van der Waals surface area contributed by atoms with Crippen LogP contribution in [0.1, 0.15) is 25.3 Å². The topological polar surface area (TPSA) is 58.4 Å². The van der Waals surface area contributed by atoms with Crippen LogP contribution >= 0.6 is 15.9 Å². The van der Waals surface area contributed by atoms with Crippen LogP contribution in [0.5, 0.6) is 0 Å². The lowest BCUT2D eigenvalue weighted by molar-refractivity contribution is -0.385. The molecule has 116 valence electrons. The fourth-order valence-electron chi connectivity index (χ4n) is 2.77. The molecule has 1 fully saturated rings. The summed E-state index contributed by atoms with van der Waals surface area (Å²) in [5.41, 5.74) is 1.08. The number of non-ortho nitro benzene ring substituents is 1. The lowest BCUT2D eigenvalue weighted by Crippen LogP contribution is -2.36. The van der Waals surface area contributed by atoms with E-state index in [0.29, 0.717) is 6.54 Å². The molecule has 1 saturated heterocycles. The zero-order valence-corrected chi connectivity index (χ0v) is 13.9. The van der Waals surface area contributed by atoms with Crippen LogP contribution in [0.25, 0.3) is 0 Å². The summed E-state index contributed by atoms with van der Waals surface area (Å²) in [4.78, 5) is 13.0. The molecule has 2 rings (SSSR count). The minimum absolute atomic E-state index is 0.137. The van der Waals surface area contributed by atoms with Gasteiger partial charge in [-0.25, -0.2) is 0 Å². The summed E-state index contributed by atoms with van der Waals surface area (Å²) in [5, 5.41) is 14.3. The smallest absolute Gasteiger partial charge is 0.270 e. The summed E-state index contributed by atoms with van der Waals surface area (Å²) in [5.74, 6) is 0.718. The molecule has 0 radical (unpaired) electrons. The Morgan fingerprint density at radius 3 is 2.71 bits per heavy atom. The minimum atomic E-state index is -0.352. The van der Waals surface area contributed by atoms with E-state index >= 15 is 0 Å². The third-order valence-electron chi connectivity index (χ3n) is 4.07. The Labute approximate surface area is 134 Å². The lowest BCUT2D eigenvalue weighted by Gasteiger charge is -2.31. The van der Waals surface area contributed by atoms with E-state index in [1.807, 2.05) is 6.07 Å². The molecule has 1 aliphatic heterocycles. The van der Waals surface area contributed by atoms with Crippen molar-refractivity contribution in [3.8, 4) is 0 Å². The van der Waals surface area contributed by atoms with E-state index in [1.165, 1.54) is 32.0 Å². The Hall–Kier alpha value is -0.980. The van der Waals surface area contributed by atoms with E-state index in [-0.39, 0.29) is 10.6 Å². The van der Waals surface area contributed by atoms with Crippen LogP contribution in [0.2, 0.25) is 0 Å². The first kappa shape index (κ1) is 16.4. The number of nitro groups is 1. The molecule has 1 aliphatic rings. The zero-order valence-electron chi connectivity index (χ0n) is 12.3. The zero-order chi connectivity index (χ0) is 15.2. The third kappa shape index (κ3) is 5.05. The Morgan fingerprint density at radius 1 is 1.38 bits per heavy atom. The number of hydrogen-bond donors (Lipinski definition) is 1. The van der Waals surface area contributed by atoms with E-state index < -0.39 is 0 Å². The molecule has 1 aromatic rings. The highest BCUT2D eigenvalue weighted by Gasteiger charge is 2.17. The van der Waals surface area contributed by atoms with Gasteiger partial charge in [0.2, 0.25) is 0 Å². The summed E-state index contributed by atoms with van der Waals surface area (Å²) in [6, 6.07) is 5.10. The van der Waals surface area contributed by atoms with Crippen molar-refractivity contribution in [2.24, 2.45) is 5.92 Å². The van der Waals surface area contributed by atoms with Crippen LogP contribution < -0.4 is 5.32 Å². The minimum Gasteiger partial charge on any atom is -0.312 e. The number of rotatable bonds is 6. The number of nitro benzene ring substituents is 1. The molecule has 0 saturated carbocycles. The molecule has 0 unspecified atom stereocenters. The summed E-state index contributed by atoms with van der Waals surface area (Å²) >= 11 is 3.33. The first-order chi connectivity index (χ1) is 10.1. The Kier molecular flexibility index (Phi) is 6.14. The molecular formula is C15H22BrN3O2. The Morgan fingerprint density at radius 2 is 2.10 bits per heavy atom. The second kappa shape index (κ2) is 7.87. The highest BCUT2D eigenvalue weighted by atomic mass is 79.9. The second-order valence-electron chi connectivity index (χ2n) is 5.58. The summed E-state index contributed by atoms with van der Waals surface area (Å²) < 4.78 is 0.754. The fraction of sp³-hybridized carbons (Fsp3) is 0.600. The number of nitrogens with zero attached hydrogens (tertiary/aromatic N) is 2. The quantitative estimate of drug-likeness (QED) is 0.628. The molecule has 0 bridgehead atoms. The van der Waals surface area contributed by atoms with Crippen LogP contribution in [0.15, 0.2) is 22.7 Å². The maximum Gasteiger partial charge on any atom is 0.270 e. The van der Waals surface area contributed by atoms with Crippen molar-refractivity contribution in [3.05, 3.63) is 38.3 Å². The lowest BCUT2D eigenvalue weighted by atomic mass is 9.97. The average Bonchev–Trinajstić information content (AvgIpc) is 2.47. The highest BCUT2D eigenvalue weighted by Crippen LogP contribution is 2.21. The third-order valence-corrected chi connectivity index (χ3v) is 4.53. The number of hydrogen-bond acceptors (Lipinski definition) is 4. The Bertz CT molecular complexity index is 488.